The van der Waals surface area contributed by atoms with Crippen molar-refractivity contribution < 1.29 is 19.4 Å². The Morgan fingerprint density at radius 1 is 1.33 bits per heavy atom. The molecule has 10 heteroatoms. The number of amides is 2. The van der Waals surface area contributed by atoms with Gasteiger partial charge in [-0.15, -0.1) is 0 Å². The number of aromatic hydroxyl groups is 1. The fraction of sp³-hybridized carbons (Fsp3) is 0.250. The summed E-state index contributed by atoms with van der Waals surface area (Å²) in [7, 11) is 1.54. The molecular formula is C20H19Cl2N3O4S. The van der Waals surface area contributed by atoms with Gasteiger partial charge in [-0.2, -0.15) is 0 Å². The van der Waals surface area contributed by atoms with Crippen LogP contribution in [0, 0.1) is 0 Å². The summed E-state index contributed by atoms with van der Waals surface area (Å²) in [5.41, 5.74) is 0.936. The number of thioether (sulfide) groups is 1. The van der Waals surface area contributed by atoms with Crippen molar-refractivity contribution in [3.63, 3.8) is 0 Å². The molecule has 1 fully saturated rings. The smallest absolute Gasteiger partial charge is 0.238 e. The topological polar surface area (TPSA) is 91.2 Å². The monoisotopic (exact) mass is 467 g/mol. The van der Waals surface area contributed by atoms with Crippen LogP contribution in [0.15, 0.2) is 41.4 Å². The van der Waals surface area contributed by atoms with Crippen LogP contribution in [-0.2, 0) is 9.59 Å². The minimum atomic E-state index is -0.659. The third-order valence-corrected chi connectivity index (χ3v) is 6.08. The molecule has 1 heterocycles. The fourth-order valence-corrected chi connectivity index (χ4v) is 4.44. The largest absolute Gasteiger partial charge is 0.505 e. The van der Waals surface area contributed by atoms with Crippen LogP contribution in [0.3, 0.4) is 0 Å². The molecule has 0 bridgehead atoms. The Morgan fingerprint density at radius 2 is 2.03 bits per heavy atom. The lowest BCUT2D eigenvalue weighted by Gasteiger charge is -2.31. The number of aliphatic imine (C=N–C) groups is 1. The van der Waals surface area contributed by atoms with Gasteiger partial charge in [0.25, 0.3) is 0 Å². The molecule has 1 atom stereocenters. The number of nitrogens with one attached hydrogen (secondary N) is 1. The average Bonchev–Trinajstić information content (AvgIpc) is 2.71. The predicted octanol–water partition coefficient (Wildman–Crippen LogP) is 4.69. The molecule has 2 N–H and O–H groups in total. The van der Waals surface area contributed by atoms with Gasteiger partial charge in [-0.3, -0.25) is 14.5 Å². The van der Waals surface area contributed by atoms with Crippen LogP contribution in [0.2, 0.25) is 10.0 Å². The van der Waals surface area contributed by atoms with E-state index >= 15 is 0 Å². The summed E-state index contributed by atoms with van der Waals surface area (Å²) < 4.78 is 5.16. The van der Waals surface area contributed by atoms with E-state index in [0.29, 0.717) is 28.8 Å². The van der Waals surface area contributed by atoms with E-state index in [2.05, 4.69) is 10.3 Å². The van der Waals surface area contributed by atoms with Gasteiger partial charge in [0.2, 0.25) is 11.8 Å². The van der Waals surface area contributed by atoms with Crippen LogP contribution in [0.25, 0.3) is 0 Å². The Bertz CT molecular complexity index is 992. The number of amidine groups is 1. The van der Waals surface area contributed by atoms with Gasteiger partial charge in [0.1, 0.15) is 11.0 Å². The van der Waals surface area contributed by atoms with E-state index < -0.39 is 5.25 Å². The van der Waals surface area contributed by atoms with E-state index in [1.54, 1.807) is 31.4 Å². The van der Waals surface area contributed by atoms with Gasteiger partial charge in [-0.1, -0.05) is 41.0 Å². The van der Waals surface area contributed by atoms with E-state index in [-0.39, 0.29) is 34.0 Å². The highest BCUT2D eigenvalue weighted by Gasteiger charge is 2.35. The molecule has 2 aromatic carbocycles. The Balaban J connectivity index is 1.85. The van der Waals surface area contributed by atoms with Crippen LogP contribution in [0.1, 0.15) is 13.3 Å². The van der Waals surface area contributed by atoms with Gasteiger partial charge < -0.3 is 15.2 Å². The molecule has 7 nitrogen and oxygen atoms in total. The molecule has 30 heavy (non-hydrogen) atoms. The molecule has 2 aromatic rings. The number of hydrogen-bond donors (Lipinski definition) is 2. The van der Waals surface area contributed by atoms with E-state index in [9.17, 15) is 14.7 Å². The number of anilines is 1. The highest BCUT2D eigenvalue weighted by molar-refractivity contribution is 8.15. The van der Waals surface area contributed by atoms with E-state index in [1.807, 2.05) is 6.92 Å². The molecule has 0 spiro atoms. The van der Waals surface area contributed by atoms with Gasteiger partial charge in [0.05, 0.1) is 22.8 Å². The SMILES string of the molecule is CCN1C(=O)C[C@@H](C(=O)Nc2cccc(OC)c2)SC1=Nc1cc(Cl)c(O)c(Cl)c1. The number of carbonyl (C=O) groups is 2. The minimum Gasteiger partial charge on any atom is -0.505 e. The molecule has 1 saturated heterocycles. The zero-order valence-electron chi connectivity index (χ0n) is 16.2. The fourth-order valence-electron chi connectivity index (χ4n) is 2.80. The van der Waals surface area contributed by atoms with Crippen molar-refractivity contribution in [1.82, 2.24) is 4.90 Å². The number of nitrogens with zero attached hydrogens (tertiary/aromatic N) is 2. The summed E-state index contributed by atoms with van der Waals surface area (Å²) in [5.74, 6) is -0.151. The Hall–Kier alpha value is -2.42. The molecule has 1 aliphatic heterocycles. The zero-order valence-corrected chi connectivity index (χ0v) is 18.5. The van der Waals surface area contributed by atoms with E-state index in [4.69, 9.17) is 27.9 Å². The summed E-state index contributed by atoms with van der Waals surface area (Å²) in [6, 6.07) is 9.84. The van der Waals surface area contributed by atoms with Crippen LogP contribution in [0.5, 0.6) is 11.5 Å². The number of rotatable bonds is 5. The number of phenols is 1. The van der Waals surface area contributed by atoms with E-state index in [1.165, 1.54) is 28.8 Å². The first-order valence-corrected chi connectivity index (χ1v) is 10.6. The molecule has 158 valence electrons. The van der Waals surface area contributed by atoms with Crippen molar-refractivity contribution in [2.75, 3.05) is 19.0 Å². The summed E-state index contributed by atoms with van der Waals surface area (Å²) >= 11 is 13.1. The number of hydrogen-bond acceptors (Lipinski definition) is 6. The number of methoxy groups -OCH3 is 1. The van der Waals surface area contributed by atoms with Crippen LogP contribution >= 0.6 is 35.0 Å². The molecule has 2 amide bonds. The van der Waals surface area contributed by atoms with Crippen molar-refractivity contribution >= 4 is 63.3 Å². The molecule has 0 unspecified atom stereocenters. The second-order valence-electron chi connectivity index (χ2n) is 6.32. The van der Waals surface area contributed by atoms with Crippen LogP contribution in [0.4, 0.5) is 11.4 Å². The van der Waals surface area contributed by atoms with Crippen molar-refractivity contribution in [3.05, 3.63) is 46.4 Å². The maximum atomic E-state index is 12.8. The molecule has 0 saturated carbocycles. The average molecular weight is 468 g/mol. The van der Waals surface area contributed by atoms with Gasteiger partial charge in [-0.05, 0) is 31.2 Å². The highest BCUT2D eigenvalue weighted by Crippen LogP contribution is 2.37. The summed E-state index contributed by atoms with van der Waals surface area (Å²) in [4.78, 5) is 31.4. The number of benzene rings is 2. The lowest BCUT2D eigenvalue weighted by molar-refractivity contribution is -0.129. The Kier molecular flexibility index (Phi) is 7.12. The summed E-state index contributed by atoms with van der Waals surface area (Å²) in [5, 5.41) is 12.3. The quantitative estimate of drug-likeness (QED) is 0.665. The maximum Gasteiger partial charge on any atom is 0.238 e. The van der Waals surface area contributed by atoms with E-state index in [0.717, 1.165) is 0 Å². The first-order chi connectivity index (χ1) is 14.3. The van der Waals surface area contributed by atoms with Gasteiger partial charge >= 0.3 is 0 Å². The second-order valence-corrected chi connectivity index (χ2v) is 8.31. The van der Waals surface area contributed by atoms with Crippen molar-refractivity contribution in [2.24, 2.45) is 4.99 Å². The minimum absolute atomic E-state index is 0.0457. The lowest BCUT2D eigenvalue weighted by atomic mass is 10.2. The van der Waals surface area contributed by atoms with Crippen molar-refractivity contribution in [3.8, 4) is 11.5 Å². The third-order valence-electron chi connectivity index (χ3n) is 4.31. The number of phenolic OH excluding ortho intramolecular Hbond substituents is 1. The normalized spacial score (nSPS) is 17.9. The molecule has 1 aliphatic rings. The van der Waals surface area contributed by atoms with Crippen molar-refractivity contribution in [2.45, 2.75) is 18.6 Å². The molecule has 3 rings (SSSR count). The summed E-state index contributed by atoms with van der Waals surface area (Å²) in [6.45, 7) is 2.22. The standard InChI is InChI=1S/C20H19Cl2N3O4S/c1-3-25-17(26)10-16(19(28)23-11-5-4-6-13(7-11)29-2)30-20(25)24-12-8-14(21)18(27)15(22)9-12/h4-9,16,27H,3,10H2,1-2H3,(H,23,28)/t16-/m0/s1. The second kappa shape index (κ2) is 9.59. The third kappa shape index (κ3) is 5.00. The number of carbonyl (C=O) groups excluding carboxylic acids is 2. The Morgan fingerprint density at radius 3 is 2.67 bits per heavy atom. The van der Waals surface area contributed by atoms with Crippen molar-refractivity contribution in [1.29, 1.82) is 0 Å². The lowest BCUT2D eigenvalue weighted by Crippen LogP contribution is -2.45. The predicted molar refractivity (Wildman–Crippen MR) is 120 cm³/mol. The molecule has 0 radical (unpaired) electrons. The van der Waals surface area contributed by atoms with Crippen LogP contribution < -0.4 is 10.1 Å². The maximum absolute atomic E-state index is 12.8. The zero-order chi connectivity index (χ0) is 21.8. The number of halogens is 2. The highest BCUT2D eigenvalue weighted by atomic mass is 35.5. The molecular weight excluding hydrogens is 449 g/mol. The Labute approximate surface area is 188 Å². The first-order valence-electron chi connectivity index (χ1n) is 9.01. The van der Waals surface area contributed by atoms with Gasteiger partial charge in [0.15, 0.2) is 10.9 Å². The summed E-state index contributed by atoms with van der Waals surface area (Å²) in [6.07, 6.45) is 0.0461. The number of ether oxygens (including phenoxy) is 1. The van der Waals surface area contributed by atoms with Gasteiger partial charge in [0, 0.05) is 24.7 Å². The first kappa shape index (κ1) is 22.3. The molecule has 0 aromatic heterocycles. The molecule has 0 aliphatic carbocycles. The van der Waals surface area contributed by atoms with Crippen LogP contribution in [-0.4, -0.2) is 45.9 Å². The van der Waals surface area contributed by atoms with Gasteiger partial charge in [-0.25, -0.2) is 4.99 Å².